The smallest absolute Gasteiger partial charge is 0.228 e. The molecule has 236 valence electrons. The molecule has 0 bridgehead atoms. The van der Waals surface area contributed by atoms with Crippen molar-refractivity contribution in [3.05, 3.63) is 72.3 Å². The van der Waals surface area contributed by atoms with E-state index in [1.54, 1.807) is 36.4 Å². The van der Waals surface area contributed by atoms with Crippen LogP contribution in [0.25, 0.3) is 11.2 Å². The minimum atomic E-state index is -1.28. The van der Waals surface area contributed by atoms with Crippen LogP contribution in [0.2, 0.25) is 0 Å². The van der Waals surface area contributed by atoms with Crippen LogP contribution in [0.5, 0.6) is 0 Å². The summed E-state index contributed by atoms with van der Waals surface area (Å²) < 4.78 is 7.08. The monoisotopic (exact) mass is 618 g/mol. The number of nitrogens with one attached hydrogen (secondary N) is 4. The molecule has 45 heavy (non-hydrogen) atoms. The molecular weight excluding hydrogens is 584 g/mol. The molecule has 0 spiro atoms. The van der Waals surface area contributed by atoms with Crippen molar-refractivity contribution in [2.75, 3.05) is 30.3 Å². The Morgan fingerprint density at radius 2 is 1.49 bits per heavy atom. The average Bonchev–Trinajstić information content (AvgIpc) is 3.58. The van der Waals surface area contributed by atoms with Gasteiger partial charge in [-0.15, -0.1) is 0 Å². The maximum absolute atomic E-state index is 12.6. The van der Waals surface area contributed by atoms with Crippen LogP contribution in [0.3, 0.4) is 0 Å². The van der Waals surface area contributed by atoms with Gasteiger partial charge < -0.3 is 41.3 Å². The number of amides is 3. The molecule has 0 radical (unpaired) electrons. The molecule has 1 saturated heterocycles. The number of ether oxygens (including phenoxy) is 1. The van der Waals surface area contributed by atoms with Crippen molar-refractivity contribution in [3.8, 4) is 0 Å². The third-order valence-corrected chi connectivity index (χ3v) is 7.15. The minimum absolute atomic E-state index is 0.144. The number of hydrogen-bond acceptors (Lipinski definition) is 11. The van der Waals surface area contributed by atoms with Crippen LogP contribution in [0.15, 0.2) is 61.2 Å². The van der Waals surface area contributed by atoms with Crippen LogP contribution in [0, 0.1) is 0 Å². The van der Waals surface area contributed by atoms with Crippen LogP contribution in [0.4, 0.5) is 17.2 Å². The van der Waals surface area contributed by atoms with Gasteiger partial charge in [-0.25, -0.2) is 15.0 Å². The minimum Gasteiger partial charge on any atom is -0.394 e. The normalized spacial score (nSPS) is 19.3. The number of aromatic nitrogens is 4. The predicted octanol–water partition coefficient (Wildman–Crippen LogP) is 0.157. The number of anilines is 3. The summed E-state index contributed by atoms with van der Waals surface area (Å²) in [7, 11) is 0. The number of carbonyl (C=O) groups is 3. The second-order valence-corrected chi connectivity index (χ2v) is 10.5. The van der Waals surface area contributed by atoms with Gasteiger partial charge in [-0.05, 0) is 35.4 Å². The molecule has 1 fully saturated rings. The van der Waals surface area contributed by atoms with E-state index in [2.05, 4.69) is 36.2 Å². The van der Waals surface area contributed by atoms with Crippen molar-refractivity contribution in [2.45, 2.75) is 44.3 Å². The first-order chi connectivity index (χ1) is 21.7. The predicted molar refractivity (Wildman–Crippen MR) is 162 cm³/mol. The highest BCUT2D eigenvalue weighted by molar-refractivity contribution is 5.92. The second kappa shape index (κ2) is 14.2. The van der Waals surface area contributed by atoms with Crippen molar-refractivity contribution < 1.29 is 34.4 Å². The lowest BCUT2D eigenvalue weighted by molar-refractivity contribution is -0.121. The van der Waals surface area contributed by atoms with E-state index in [1.165, 1.54) is 24.1 Å². The lowest BCUT2D eigenvalue weighted by Gasteiger charge is -2.16. The number of aliphatic hydroxyl groups is 3. The first-order valence-corrected chi connectivity index (χ1v) is 14.3. The maximum Gasteiger partial charge on any atom is 0.228 e. The number of nitrogens with zero attached hydrogens (tertiary/aromatic N) is 4. The van der Waals surface area contributed by atoms with Gasteiger partial charge in [0.05, 0.1) is 25.8 Å². The molecule has 7 N–H and O–H groups in total. The van der Waals surface area contributed by atoms with Crippen LogP contribution in [-0.4, -0.2) is 90.6 Å². The Bertz CT molecular complexity index is 1640. The van der Waals surface area contributed by atoms with Gasteiger partial charge in [0.2, 0.25) is 17.7 Å². The summed E-state index contributed by atoms with van der Waals surface area (Å²) in [5.74, 6) is -0.110. The van der Waals surface area contributed by atoms with E-state index in [0.717, 1.165) is 11.1 Å². The second-order valence-electron chi connectivity index (χ2n) is 10.5. The summed E-state index contributed by atoms with van der Waals surface area (Å²) in [6, 6.07) is 14.2. The SMILES string of the molecule is CC(=O)NCCNC(=O)Cc1ccc(NC(=O)Cc2ccc(Nc3ncnc4c3ncn4[C@@H]3O[C@H](CO)[C@@H](O)[C@H]3O)cc2)cc1. The molecule has 1 aliphatic heterocycles. The van der Waals surface area contributed by atoms with Gasteiger partial charge in [0.1, 0.15) is 24.6 Å². The van der Waals surface area contributed by atoms with E-state index in [-0.39, 0.29) is 30.6 Å². The summed E-state index contributed by atoms with van der Waals surface area (Å²) in [5, 5.41) is 41.3. The van der Waals surface area contributed by atoms with Crippen molar-refractivity contribution in [2.24, 2.45) is 0 Å². The number of imidazole rings is 1. The Hall–Kier alpha value is -4.96. The molecule has 0 saturated carbocycles. The van der Waals surface area contributed by atoms with E-state index in [0.29, 0.717) is 41.4 Å². The molecule has 0 aliphatic carbocycles. The molecular formula is C30H34N8O7. The van der Waals surface area contributed by atoms with Gasteiger partial charge in [0.25, 0.3) is 0 Å². The van der Waals surface area contributed by atoms with Crippen LogP contribution >= 0.6 is 0 Å². The number of aliphatic hydroxyl groups excluding tert-OH is 3. The molecule has 3 heterocycles. The Labute approximate surface area is 257 Å². The van der Waals surface area contributed by atoms with Crippen molar-refractivity contribution in [1.82, 2.24) is 30.2 Å². The topological polar surface area (TPSA) is 213 Å². The third kappa shape index (κ3) is 7.77. The molecule has 3 amide bonds. The van der Waals surface area contributed by atoms with Crippen LogP contribution in [-0.2, 0) is 32.0 Å². The zero-order valence-corrected chi connectivity index (χ0v) is 24.4. The molecule has 4 atom stereocenters. The zero-order chi connectivity index (χ0) is 31.9. The van der Waals surface area contributed by atoms with Crippen molar-refractivity contribution in [3.63, 3.8) is 0 Å². The summed E-state index contributed by atoms with van der Waals surface area (Å²) in [6.45, 7) is 1.69. The highest BCUT2D eigenvalue weighted by Gasteiger charge is 2.44. The molecule has 0 unspecified atom stereocenters. The number of carbonyl (C=O) groups excluding carboxylic acids is 3. The van der Waals surface area contributed by atoms with Gasteiger partial charge >= 0.3 is 0 Å². The van der Waals surface area contributed by atoms with Crippen molar-refractivity contribution >= 4 is 46.1 Å². The standard InChI is InChI=1S/C30H34N8O7/c1-17(40)31-10-11-32-23(41)12-18-2-6-20(7-3-18)36-24(42)13-19-4-8-21(9-5-19)37-28-25-29(34-15-33-28)38(16-35-25)30-27(44)26(43)22(14-39)45-30/h2-9,15-16,22,26-27,30,39,43-44H,10-14H2,1H3,(H,31,40)(H,32,41)(H,36,42)(H,33,34,37)/t22-,26-,27-,30-/m1/s1. The van der Waals surface area contributed by atoms with E-state index < -0.39 is 31.1 Å². The van der Waals surface area contributed by atoms with E-state index in [9.17, 15) is 29.7 Å². The van der Waals surface area contributed by atoms with Gasteiger partial charge in [-0.1, -0.05) is 24.3 Å². The van der Waals surface area contributed by atoms with Gasteiger partial charge in [-0.2, -0.15) is 0 Å². The summed E-state index contributed by atoms with van der Waals surface area (Å²) >= 11 is 0. The third-order valence-electron chi connectivity index (χ3n) is 7.15. The van der Waals surface area contributed by atoms with Gasteiger partial charge in [0, 0.05) is 31.4 Å². The van der Waals surface area contributed by atoms with Crippen molar-refractivity contribution in [1.29, 1.82) is 0 Å². The Balaban J connectivity index is 1.13. The number of benzene rings is 2. The maximum atomic E-state index is 12.6. The number of rotatable bonds is 12. The molecule has 15 nitrogen and oxygen atoms in total. The Morgan fingerprint density at radius 3 is 2.13 bits per heavy atom. The fraction of sp³-hybridized carbons (Fsp3) is 0.333. The van der Waals surface area contributed by atoms with E-state index >= 15 is 0 Å². The highest BCUT2D eigenvalue weighted by Crippen LogP contribution is 2.32. The lowest BCUT2D eigenvalue weighted by atomic mass is 10.1. The molecule has 2 aromatic heterocycles. The Morgan fingerprint density at radius 1 is 0.844 bits per heavy atom. The average molecular weight is 619 g/mol. The largest absolute Gasteiger partial charge is 0.394 e. The van der Waals surface area contributed by atoms with Crippen LogP contribution < -0.4 is 21.3 Å². The number of hydrogen-bond donors (Lipinski definition) is 7. The fourth-order valence-electron chi connectivity index (χ4n) is 4.87. The molecule has 2 aromatic carbocycles. The van der Waals surface area contributed by atoms with E-state index in [4.69, 9.17) is 4.74 Å². The molecule has 4 aromatic rings. The van der Waals surface area contributed by atoms with Gasteiger partial charge in [0.15, 0.2) is 23.2 Å². The van der Waals surface area contributed by atoms with Crippen LogP contribution in [0.1, 0.15) is 24.3 Å². The summed E-state index contributed by atoms with van der Waals surface area (Å²) in [4.78, 5) is 48.5. The Kier molecular flexibility index (Phi) is 9.94. The van der Waals surface area contributed by atoms with E-state index in [1.807, 2.05) is 12.1 Å². The summed E-state index contributed by atoms with van der Waals surface area (Å²) in [5.41, 5.74) is 3.65. The summed E-state index contributed by atoms with van der Waals surface area (Å²) in [6.07, 6.45) is -1.35. The zero-order valence-electron chi connectivity index (χ0n) is 24.4. The molecule has 1 aliphatic rings. The first kappa shape index (κ1) is 31.5. The highest BCUT2D eigenvalue weighted by atomic mass is 16.6. The fourth-order valence-corrected chi connectivity index (χ4v) is 4.87. The quantitative estimate of drug-likeness (QED) is 0.106. The number of fused-ring (bicyclic) bond motifs is 1. The first-order valence-electron chi connectivity index (χ1n) is 14.3. The molecule has 15 heteroatoms. The van der Waals surface area contributed by atoms with Gasteiger partial charge in [-0.3, -0.25) is 19.0 Å². The molecule has 5 rings (SSSR count). The lowest BCUT2D eigenvalue weighted by Crippen LogP contribution is -2.34.